The molecule has 2 aromatic carbocycles. The summed E-state index contributed by atoms with van der Waals surface area (Å²) in [5, 5.41) is 11.3. The number of rotatable bonds is 6. The number of aromatic nitrogens is 3. The Morgan fingerprint density at radius 3 is 2.57 bits per heavy atom. The first-order chi connectivity index (χ1) is 13.4. The summed E-state index contributed by atoms with van der Waals surface area (Å²) in [5.74, 6) is 7.31. The van der Waals surface area contributed by atoms with Gasteiger partial charge in [-0.1, -0.05) is 23.9 Å². The lowest BCUT2D eigenvalue weighted by Crippen LogP contribution is -2.24. The van der Waals surface area contributed by atoms with Crippen molar-refractivity contribution in [2.75, 3.05) is 18.3 Å². The number of anilines is 1. The second-order valence-corrected chi connectivity index (χ2v) is 7.78. The Kier molecular flexibility index (Phi) is 5.89. The number of benzene rings is 2. The summed E-state index contributed by atoms with van der Waals surface area (Å²) in [6.07, 6.45) is 0. The van der Waals surface area contributed by atoms with Crippen LogP contribution in [0.4, 0.5) is 5.69 Å². The van der Waals surface area contributed by atoms with Crippen LogP contribution < -0.4 is 15.9 Å². The first kappa shape index (κ1) is 19.8. The molecular formula is C20H23N5O2S. The van der Waals surface area contributed by atoms with Crippen molar-refractivity contribution in [2.24, 2.45) is 0 Å². The Balaban J connectivity index is 1.71. The third-order valence-corrected chi connectivity index (χ3v) is 5.37. The van der Waals surface area contributed by atoms with Gasteiger partial charge in [-0.3, -0.25) is 4.79 Å². The van der Waals surface area contributed by atoms with Crippen LogP contribution in [0.3, 0.4) is 0 Å². The number of carbonyl (C=O) groups excluding carboxylic acids is 1. The molecule has 0 radical (unpaired) electrons. The second kappa shape index (κ2) is 8.35. The number of nitrogens with zero attached hydrogens (tertiary/aromatic N) is 3. The van der Waals surface area contributed by atoms with Gasteiger partial charge < -0.3 is 15.9 Å². The standard InChI is InChI=1S/C20H23N5O2S/c1-12-5-6-13(2)17(11-12)22-19(26)14(3)28-20-24-23-18(25(20)21)15-7-9-16(27-4)10-8-15/h5-11,14H,21H2,1-4H3,(H,22,26). The van der Waals surface area contributed by atoms with Gasteiger partial charge in [0.15, 0.2) is 5.82 Å². The van der Waals surface area contributed by atoms with Gasteiger partial charge in [0, 0.05) is 11.3 Å². The molecule has 1 aromatic heterocycles. The number of nitrogen functional groups attached to an aromatic ring is 1. The van der Waals surface area contributed by atoms with Crippen molar-refractivity contribution in [1.29, 1.82) is 0 Å². The van der Waals surface area contributed by atoms with Gasteiger partial charge in [0.1, 0.15) is 5.75 Å². The van der Waals surface area contributed by atoms with Crippen LogP contribution in [0, 0.1) is 13.8 Å². The first-order valence-electron chi connectivity index (χ1n) is 8.78. The summed E-state index contributed by atoms with van der Waals surface area (Å²) in [4.78, 5) is 12.6. The number of hydrogen-bond acceptors (Lipinski definition) is 6. The average Bonchev–Trinajstić information content (AvgIpc) is 3.05. The van der Waals surface area contributed by atoms with E-state index in [-0.39, 0.29) is 5.91 Å². The SMILES string of the molecule is COc1ccc(-c2nnc(SC(C)C(=O)Nc3cc(C)ccc3C)n2N)cc1. The summed E-state index contributed by atoms with van der Waals surface area (Å²) >= 11 is 1.26. The Hall–Kier alpha value is -3.00. The zero-order valence-corrected chi connectivity index (χ0v) is 17.1. The maximum Gasteiger partial charge on any atom is 0.237 e. The molecule has 0 saturated carbocycles. The Morgan fingerprint density at radius 2 is 1.89 bits per heavy atom. The topological polar surface area (TPSA) is 95.1 Å². The molecule has 1 amide bonds. The number of nitrogens with one attached hydrogen (secondary N) is 1. The van der Waals surface area contributed by atoms with E-state index in [9.17, 15) is 4.79 Å². The fourth-order valence-corrected chi connectivity index (χ4v) is 3.38. The van der Waals surface area contributed by atoms with Gasteiger partial charge in [-0.25, -0.2) is 4.68 Å². The van der Waals surface area contributed by atoms with Crippen molar-refractivity contribution in [3.05, 3.63) is 53.6 Å². The fourth-order valence-electron chi connectivity index (χ4n) is 2.61. The van der Waals surface area contributed by atoms with Gasteiger partial charge in [0.2, 0.25) is 11.1 Å². The largest absolute Gasteiger partial charge is 0.497 e. The number of amides is 1. The molecule has 0 aliphatic heterocycles. The van der Waals surface area contributed by atoms with Crippen molar-refractivity contribution in [2.45, 2.75) is 31.2 Å². The number of ether oxygens (including phenoxy) is 1. The lowest BCUT2D eigenvalue weighted by molar-refractivity contribution is -0.115. The van der Waals surface area contributed by atoms with Crippen LogP contribution in [0.5, 0.6) is 5.75 Å². The highest BCUT2D eigenvalue weighted by Gasteiger charge is 2.20. The van der Waals surface area contributed by atoms with Crippen molar-refractivity contribution in [3.63, 3.8) is 0 Å². The summed E-state index contributed by atoms with van der Waals surface area (Å²) in [7, 11) is 1.61. The lowest BCUT2D eigenvalue weighted by atomic mass is 10.1. The van der Waals surface area contributed by atoms with Crippen LogP contribution in [-0.4, -0.2) is 33.1 Å². The van der Waals surface area contributed by atoms with Crippen molar-refractivity contribution < 1.29 is 9.53 Å². The van der Waals surface area contributed by atoms with Crippen molar-refractivity contribution in [3.8, 4) is 17.1 Å². The van der Waals surface area contributed by atoms with Gasteiger partial charge in [0.05, 0.1) is 12.4 Å². The fraction of sp³-hybridized carbons (Fsp3) is 0.250. The van der Waals surface area contributed by atoms with E-state index in [0.29, 0.717) is 11.0 Å². The van der Waals surface area contributed by atoms with E-state index in [1.165, 1.54) is 16.4 Å². The molecule has 146 valence electrons. The minimum Gasteiger partial charge on any atom is -0.497 e. The molecule has 1 heterocycles. The van der Waals surface area contributed by atoms with E-state index in [1.807, 2.05) is 63.2 Å². The number of thioether (sulfide) groups is 1. The number of hydrogen-bond donors (Lipinski definition) is 2. The van der Waals surface area contributed by atoms with Crippen LogP contribution in [0.15, 0.2) is 47.6 Å². The highest BCUT2D eigenvalue weighted by Crippen LogP contribution is 2.27. The van der Waals surface area contributed by atoms with Crippen molar-refractivity contribution >= 4 is 23.4 Å². The molecule has 0 fully saturated rings. The Labute approximate surface area is 168 Å². The molecule has 3 aromatic rings. The Morgan fingerprint density at radius 1 is 1.18 bits per heavy atom. The molecule has 0 aliphatic rings. The normalized spacial score (nSPS) is 11.9. The molecule has 1 atom stereocenters. The molecule has 8 heteroatoms. The Bertz CT molecular complexity index is 985. The minimum absolute atomic E-state index is 0.118. The van der Waals surface area contributed by atoms with Gasteiger partial charge in [-0.15, -0.1) is 10.2 Å². The lowest BCUT2D eigenvalue weighted by Gasteiger charge is -2.13. The smallest absolute Gasteiger partial charge is 0.237 e. The van der Waals surface area contributed by atoms with E-state index in [0.717, 1.165) is 28.1 Å². The van der Waals surface area contributed by atoms with Crippen LogP contribution in [0.1, 0.15) is 18.1 Å². The van der Waals surface area contributed by atoms with Crippen LogP contribution in [0.25, 0.3) is 11.4 Å². The molecule has 3 N–H and O–H groups in total. The van der Waals surface area contributed by atoms with Crippen LogP contribution in [-0.2, 0) is 4.79 Å². The second-order valence-electron chi connectivity index (χ2n) is 6.47. The third-order valence-electron chi connectivity index (χ3n) is 4.32. The molecule has 0 bridgehead atoms. The van der Waals surface area contributed by atoms with E-state index in [2.05, 4.69) is 15.5 Å². The van der Waals surface area contributed by atoms with Gasteiger partial charge in [-0.05, 0) is 62.2 Å². The van der Waals surface area contributed by atoms with Gasteiger partial charge in [-0.2, -0.15) is 0 Å². The molecular weight excluding hydrogens is 374 g/mol. The third kappa shape index (κ3) is 4.28. The molecule has 3 rings (SSSR count). The number of aryl methyl sites for hydroxylation is 2. The van der Waals surface area contributed by atoms with Crippen LogP contribution >= 0.6 is 11.8 Å². The number of methoxy groups -OCH3 is 1. The average molecular weight is 398 g/mol. The zero-order chi connectivity index (χ0) is 20.3. The van der Waals surface area contributed by atoms with E-state index < -0.39 is 5.25 Å². The zero-order valence-electron chi connectivity index (χ0n) is 16.3. The maximum atomic E-state index is 12.6. The maximum absolute atomic E-state index is 12.6. The summed E-state index contributed by atoms with van der Waals surface area (Å²) in [6, 6.07) is 13.3. The molecule has 0 saturated heterocycles. The molecule has 1 unspecified atom stereocenters. The van der Waals surface area contributed by atoms with E-state index in [4.69, 9.17) is 10.6 Å². The highest BCUT2D eigenvalue weighted by atomic mass is 32.2. The summed E-state index contributed by atoms with van der Waals surface area (Å²) < 4.78 is 6.56. The van der Waals surface area contributed by atoms with Gasteiger partial charge in [0.25, 0.3) is 0 Å². The molecule has 7 nitrogen and oxygen atoms in total. The van der Waals surface area contributed by atoms with E-state index >= 15 is 0 Å². The first-order valence-corrected chi connectivity index (χ1v) is 9.66. The summed E-state index contributed by atoms with van der Waals surface area (Å²) in [6.45, 7) is 5.77. The van der Waals surface area contributed by atoms with Crippen molar-refractivity contribution in [1.82, 2.24) is 14.9 Å². The summed E-state index contributed by atoms with van der Waals surface area (Å²) in [5.41, 5.74) is 3.73. The van der Waals surface area contributed by atoms with Crippen LogP contribution in [0.2, 0.25) is 0 Å². The molecule has 0 aliphatic carbocycles. The number of carbonyl (C=O) groups is 1. The highest BCUT2D eigenvalue weighted by molar-refractivity contribution is 8.00. The molecule has 0 spiro atoms. The number of nitrogens with two attached hydrogens (primary N) is 1. The predicted molar refractivity (Wildman–Crippen MR) is 112 cm³/mol. The predicted octanol–water partition coefficient (Wildman–Crippen LogP) is 3.40. The van der Waals surface area contributed by atoms with E-state index in [1.54, 1.807) is 7.11 Å². The monoisotopic (exact) mass is 397 g/mol. The minimum atomic E-state index is -0.393. The van der Waals surface area contributed by atoms with Gasteiger partial charge >= 0.3 is 0 Å². The quantitative estimate of drug-likeness (QED) is 0.489. The molecule has 28 heavy (non-hydrogen) atoms.